The molecule has 0 amide bonds. The highest BCUT2D eigenvalue weighted by Crippen LogP contribution is 2.25. The van der Waals surface area contributed by atoms with Gasteiger partial charge in [-0.1, -0.05) is 12.1 Å². The van der Waals surface area contributed by atoms with Crippen LogP contribution in [0.5, 0.6) is 0 Å². The Morgan fingerprint density at radius 2 is 1.88 bits per heavy atom. The average molecular weight is 258 g/mol. The fourth-order valence-electron chi connectivity index (χ4n) is 1.47. The predicted molar refractivity (Wildman–Crippen MR) is 67.2 cm³/mol. The van der Waals surface area contributed by atoms with Crippen LogP contribution in [-0.2, 0) is 10.0 Å². The number of rotatable bonds is 4. The minimum Gasteiger partial charge on any atom is -0.397 e. The van der Waals surface area contributed by atoms with E-state index in [1.54, 1.807) is 26.0 Å². The zero-order valence-corrected chi connectivity index (χ0v) is 11.0. The number of benzene rings is 1. The molecule has 0 spiro atoms. The zero-order valence-electron chi connectivity index (χ0n) is 10.2. The van der Waals surface area contributed by atoms with Crippen LogP contribution in [-0.4, -0.2) is 26.2 Å². The Balaban J connectivity index is 3.19. The third kappa shape index (κ3) is 3.18. The lowest BCUT2D eigenvalue weighted by molar-refractivity contribution is 0.198. The Labute approximate surface area is 102 Å². The number of aliphatic hydroxyl groups excluding tert-OH is 1. The van der Waals surface area contributed by atoms with E-state index in [4.69, 9.17) is 10.8 Å². The van der Waals surface area contributed by atoms with Gasteiger partial charge in [-0.3, -0.25) is 0 Å². The van der Waals surface area contributed by atoms with E-state index in [-0.39, 0.29) is 17.1 Å². The van der Waals surface area contributed by atoms with Gasteiger partial charge in [-0.2, -0.15) is 0 Å². The second-order valence-electron chi connectivity index (χ2n) is 4.14. The first-order valence-electron chi connectivity index (χ1n) is 5.29. The molecule has 0 aromatic heterocycles. The molecule has 0 saturated carbocycles. The maximum atomic E-state index is 12.0. The maximum absolute atomic E-state index is 12.0. The number of hydrogen-bond acceptors (Lipinski definition) is 4. The average Bonchev–Trinajstić information content (AvgIpc) is 2.21. The predicted octanol–water partition coefficient (Wildman–Crippen LogP) is 0.545. The number of nitrogen functional groups attached to an aromatic ring is 1. The molecule has 4 N–H and O–H groups in total. The topological polar surface area (TPSA) is 92.4 Å². The van der Waals surface area contributed by atoms with E-state index < -0.39 is 16.1 Å². The van der Waals surface area contributed by atoms with Crippen molar-refractivity contribution in [3.05, 3.63) is 23.3 Å². The van der Waals surface area contributed by atoms with Crippen LogP contribution in [0.3, 0.4) is 0 Å². The van der Waals surface area contributed by atoms with Crippen molar-refractivity contribution in [3.63, 3.8) is 0 Å². The Kier molecular flexibility index (Phi) is 4.13. The van der Waals surface area contributed by atoms with Gasteiger partial charge in [0.05, 0.1) is 11.8 Å². The second-order valence-corrected chi connectivity index (χ2v) is 5.85. The van der Waals surface area contributed by atoms with Crippen LogP contribution in [0.4, 0.5) is 5.69 Å². The fourth-order valence-corrected chi connectivity index (χ4v) is 3.01. The van der Waals surface area contributed by atoms with Gasteiger partial charge in [0.15, 0.2) is 0 Å². The van der Waals surface area contributed by atoms with Crippen molar-refractivity contribution in [2.75, 3.05) is 12.3 Å². The number of hydrogen-bond donors (Lipinski definition) is 3. The molecule has 5 nitrogen and oxygen atoms in total. The molecule has 1 aromatic carbocycles. The molecular formula is C11H18N2O3S. The van der Waals surface area contributed by atoms with E-state index in [1.165, 1.54) is 6.92 Å². The molecule has 0 fully saturated rings. The number of nitrogens with two attached hydrogens (primary N) is 1. The van der Waals surface area contributed by atoms with Crippen LogP contribution < -0.4 is 10.5 Å². The van der Waals surface area contributed by atoms with Gasteiger partial charge in [-0.25, -0.2) is 13.1 Å². The normalized spacial score (nSPS) is 13.6. The molecule has 0 saturated heterocycles. The summed E-state index contributed by atoms with van der Waals surface area (Å²) in [6.45, 7) is 4.92. The van der Waals surface area contributed by atoms with Gasteiger partial charge >= 0.3 is 0 Å². The summed E-state index contributed by atoms with van der Waals surface area (Å²) in [5, 5.41) is 9.10. The molecule has 1 rings (SSSR count). The van der Waals surface area contributed by atoms with Crippen molar-refractivity contribution in [1.82, 2.24) is 4.72 Å². The number of aliphatic hydroxyl groups is 1. The van der Waals surface area contributed by atoms with Crippen LogP contribution in [0.25, 0.3) is 0 Å². The van der Waals surface area contributed by atoms with Crippen molar-refractivity contribution >= 4 is 15.7 Å². The molecular weight excluding hydrogens is 240 g/mol. The molecule has 0 heterocycles. The summed E-state index contributed by atoms with van der Waals surface area (Å²) in [7, 11) is -3.67. The van der Waals surface area contributed by atoms with E-state index >= 15 is 0 Å². The third-order valence-corrected chi connectivity index (χ3v) is 4.07. The first-order valence-corrected chi connectivity index (χ1v) is 6.77. The largest absolute Gasteiger partial charge is 0.397 e. The summed E-state index contributed by atoms with van der Waals surface area (Å²) in [4.78, 5) is 0.0955. The summed E-state index contributed by atoms with van der Waals surface area (Å²) in [6.07, 6.45) is -0.740. The molecule has 0 aliphatic carbocycles. The highest BCUT2D eigenvalue weighted by molar-refractivity contribution is 7.89. The first-order chi connectivity index (χ1) is 7.75. The van der Waals surface area contributed by atoms with Gasteiger partial charge in [0.2, 0.25) is 10.0 Å². The van der Waals surface area contributed by atoms with Crippen molar-refractivity contribution < 1.29 is 13.5 Å². The highest BCUT2D eigenvalue weighted by atomic mass is 32.2. The Morgan fingerprint density at radius 1 is 1.35 bits per heavy atom. The van der Waals surface area contributed by atoms with Crippen molar-refractivity contribution in [3.8, 4) is 0 Å². The van der Waals surface area contributed by atoms with Crippen LogP contribution in [0.1, 0.15) is 18.1 Å². The van der Waals surface area contributed by atoms with Crippen LogP contribution in [0.15, 0.2) is 17.0 Å². The van der Waals surface area contributed by atoms with E-state index in [2.05, 4.69) is 4.72 Å². The van der Waals surface area contributed by atoms with Gasteiger partial charge < -0.3 is 10.8 Å². The Bertz CT molecular complexity index is 510. The Hall–Kier alpha value is -1.11. The van der Waals surface area contributed by atoms with Crippen LogP contribution in [0, 0.1) is 13.8 Å². The smallest absolute Gasteiger partial charge is 0.242 e. The highest BCUT2D eigenvalue weighted by Gasteiger charge is 2.21. The summed E-state index contributed by atoms with van der Waals surface area (Å²) in [5.74, 6) is 0. The zero-order chi connectivity index (χ0) is 13.2. The number of aryl methyl sites for hydroxylation is 2. The number of nitrogens with one attached hydrogen (secondary N) is 1. The standard InChI is InChI=1S/C11H18N2O3S/c1-7-4-5-8(2)11(10(7)12)17(15,16)13-6-9(3)14/h4-5,9,13-14H,6,12H2,1-3H3/t9-/m1/s1. The third-order valence-electron chi connectivity index (χ3n) is 2.45. The minimum atomic E-state index is -3.67. The molecule has 6 heteroatoms. The van der Waals surface area contributed by atoms with E-state index in [0.29, 0.717) is 11.1 Å². The SMILES string of the molecule is Cc1ccc(C)c(S(=O)(=O)NC[C@@H](C)O)c1N. The summed E-state index contributed by atoms with van der Waals surface area (Å²) >= 11 is 0. The molecule has 0 unspecified atom stereocenters. The van der Waals surface area contributed by atoms with Crippen molar-refractivity contribution in [2.24, 2.45) is 0 Å². The van der Waals surface area contributed by atoms with Crippen LogP contribution >= 0.6 is 0 Å². The molecule has 0 aliphatic rings. The second kappa shape index (κ2) is 5.03. The minimum absolute atomic E-state index is 0.0326. The molecule has 0 aliphatic heterocycles. The molecule has 0 radical (unpaired) electrons. The quantitative estimate of drug-likeness (QED) is 0.687. The summed E-state index contributed by atoms with van der Waals surface area (Å²) in [6, 6.07) is 3.49. The van der Waals surface area contributed by atoms with Crippen molar-refractivity contribution in [1.29, 1.82) is 0 Å². The lowest BCUT2D eigenvalue weighted by atomic mass is 10.1. The lowest BCUT2D eigenvalue weighted by Crippen LogP contribution is -2.31. The summed E-state index contributed by atoms with van der Waals surface area (Å²) < 4.78 is 26.4. The van der Waals surface area contributed by atoms with Gasteiger partial charge in [0.1, 0.15) is 4.90 Å². The lowest BCUT2D eigenvalue weighted by Gasteiger charge is -2.14. The van der Waals surface area contributed by atoms with Crippen LogP contribution in [0.2, 0.25) is 0 Å². The van der Waals surface area contributed by atoms with E-state index in [0.717, 1.165) is 0 Å². The van der Waals surface area contributed by atoms with E-state index in [9.17, 15) is 8.42 Å². The summed E-state index contributed by atoms with van der Waals surface area (Å²) in [5.41, 5.74) is 7.35. The first kappa shape index (κ1) is 14.0. The molecule has 17 heavy (non-hydrogen) atoms. The Morgan fingerprint density at radius 3 is 2.41 bits per heavy atom. The van der Waals surface area contributed by atoms with Gasteiger partial charge in [0, 0.05) is 6.54 Å². The van der Waals surface area contributed by atoms with Gasteiger partial charge in [-0.15, -0.1) is 0 Å². The number of sulfonamides is 1. The molecule has 1 aromatic rings. The van der Waals surface area contributed by atoms with Crippen molar-refractivity contribution in [2.45, 2.75) is 31.8 Å². The maximum Gasteiger partial charge on any atom is 0.242 e. The van der Waals surface area contributed by atoms with Gasteiger partial charge in [0.25, 0.3) is 0 Å². The van der Waals surface area contributed by atoms with Gasteiger partial charge in [-0.05, 0) is 31.9 Å². The van der Waals surface area contributed by atoms with E-state index in [1.807, 2.05) is 0 Å². The molecule has 1 atom stereocenters. The number of anilines is 1. The monoisotopic (exact) mass is 258 g/mol. The molecule has 96 valence electrons. The fraction of sp³-hybridized carbons (Fsp3) is 0.455. The molecule has 0 bridgehead atoms.